The molecule has 0 spiro atoms. The van der Waals surface area contributed by atoms with Gasteiger partial charge in [-0.1, -0.05) is 12.5 Å². The van der Waals surface area contributed by atoms with Crippen LogP contribution in [0.15, 0.2) is 23.1 Å². The second-order valence-electron chi connectivity index (χ2n) is 5.10. The molecule has 0 aliphatic carbocycles. The number of hydrogen-bond donors (Lipinski definition) is 1. The lowest BCUT2D eigenvalue weighted by molar-refractivity contribution is 0.267. The van der Waals surface area contributed by atoms with Gasteiger partial charge >= 0.3 is 0 Å². The average Bonchev–Trinajstić information content (AvgIpc) is 2.46. The van der Waals surface area contributed by atoms with E-state index in [0.717, 1.165) is 19.3 Å². The molecule has 6 heteroatoms. The minimum atomic E-state index is -3.55. The van der Waals surface area contributed by atoms with Crippen LogP contribution in [-0.4, -0.2) is 37.5 Å². The van der Waals surface area contributed by atoms with Crippen molar-refractivity contribution in [3.8, 4) is 5.75 Å². The zero-order chi connectivity index (χ0) is 14.8. The van der Waals surface area contributed by atoms with E-state index >= 15 is 0 Å². The highest BCUT2D eigenvalue weighted by Gasteiger charge is 2.32. The van der Waals surface area contributed by atoms with E-state index in [1.165, 1.54) is 13.2 Å². The largest absolute Gasteiger partial charge is 0.495 e. The number of hydrogen-bond acceptors (Lipinski definition) is 4. The highest BCUT2D eigenvalue weighted by molar-refractivity contribution is 7.89. The Labute approximate surface area is 120 Å². The van der Waals surface area contributed by atoms with Crippen molar-refractivity contribution in [1.29, 1.82) is 0 Å². The third-order valence-electron chi connectivity index (χ3n) is 3.74. The van der Waals surface area contributed by atoms with Crippen molar-refractivity contribution in [2.24, 2.45) is 0 Å². The number of methoxy groups -OCH3 is 1. The van der Waals surface area contributed by atoms with Crippen molar-refractivity contribution in [3.05, 3.63) is 23.8 Å². The van der Waals surface area contributed by atoms with E-state index in [4.69, 9.17) is 9.84 Å². The molecule has 1 aliphatic heterocycles. The van der Waals surface area contributed by atoms with Crippen LogP contribution in [0.4, 0.5) is 0 Å². The van der Waals surface area contributed by atoms with Gasteiger partial charge in [0.25, 0.3) is 0 Å². The number of benzene rings is 1. The second-order valence-corrected chi connectivity index (χ2v) is 6.96. The summed E-state index contributed by atoms with van der Waals surface area (Å²) in [6, 6.07) is 4.71. The smallest absolute Gasteiger partial charge is 0.246 e. The number of aliphatic hydroxyl groups excluding tert-OH is 1. The first-order chi connectivity index (χ1) is 9.50. The van der Waals surface area contributed by atoms with Gasteiger partial charge in [-0.2, -0.15) is 4.31 Å². The van der Waals surface area contributed by atoms with Crippen molar-refractivity contribution in [2.45, 2.75) is 43.7 Å². The Kier molecular flexibility index (Phi) is 4.67. The molecular formula is C14H21NO4S. The quantitative estimate of drug-likeness (QED) is 0.920. The van der Waals surface area contributed by atoms with Crippen molar-refractivity contribution < 1.29 is 18.3 Å². The zero-order valence-corrected chi connectivity index (χ0v) is 12.7. The van der Waals surface area contributed by atoms with Gasteiger partial charge in [0.15, 0.2) is 0 Å². The summed E-state index contributed by atoms with van der Waals surface area (Å²) < 4.78 is 32.3. The van der Waals surface area contributed by atoms with Gasteiger partial charge in [0.05, 0.1) is 13.7 Å². The van der Waals surface area contributed by atoms with Gasteiger partial charge in [-0.25, -0.2) is 8.42 Å². The molecule has 1 aliphatic rings. The number of sulfonamides is 1. The Morgan fingerprint density at radius 1 is 1.40 bits per heavy atom. The minimum Gasteiger partial charge on any atom is -0.495 e. The minimum absolute atomic E-state index is 0.0102. The Morgan fingerprint density at radius 3 is 2.75 bits per heavy atom. The van der Waals surface area contributed by atoms with Gasteiger partial charge in [-0.15, -0.1) is 0 Å². The number of aliphatic hydroxyl groups is 1. The van der Waals surface area contributed by atoms with E-state index in [0.29, 0.717) is 12.1 Å². The number of rotatable bonds is 4. The molecule has 1 fully saturated rings. The second kappa shape index (κ2) is 6.11. The molecule has 1 heterocycles. The van der Waals surface area contributed by atoms with E-state index in [9.17, 15) is 8.42 Å². The molecule has 5 nitrogen and oxygen atoms in total. The zero-order valence-electron chi connectivity index (χ0n) is 11.9. The summed E-state index contributed by atoms with van der Waals surface area (Å²) in [5.74, 6) is 0.286. The molecule has 0 saturated carbocycles. The highest BCUT2D eigenvalue weighted by atomic mass is 32.2. The van der Waals surface area contributed by atoms with Gasteiger partial charge in [-0.3, -0.25) is 0 Å². The fourth-order valence-corrected chi connectivity index (χ4v) is 4.42. The lowest BCUT2D eigenvalue weighted by atomic mass is 10.1. The van der Waals surface area contributed by atoms with Crippen LogP contribution in [0.25, 0.3) is 0 Å². The third-order valence-corrected chi connectivity index (χ3v) is 5.79. The maximum absolute atomic E-state index is 12.8. The lowest BCUT2D eigenvalue weighted by Gasteiger charge is -2.32. The summed E-state index contributed by atoms with van der Waals surface area (Å²) >= 11 is 0. The summed E-state index contributed by atoms with van der Waals surface area (Å²) in [4.78, 5) is 0.172. The Bertz CT molecular complexity index is 571. The standard InChI is InChI=1S/C14H21NO4S/c1-11-5-3-4-8-15(11)20(17,18)14-7-6-12(10-16)9-13(14)19-2/h6-7,9,11,16H,3-5,8,10H2,1-2H3. The summed E-state index contributed by atoms with van der Waals surface area (Å²) in [5, 5.41) is 9.13. The fourth-order valence-electron chi connectivity index (χ4n) is 2.58. The normalized spacial score (nSPS) is 20.9. The molecule has 112 valence electrons. The maximum atomic E-state index is 12.8. The van der Waals surface area contributed by atoms with E-state index in [1.807, 2.05) is 6.92 Å². The first-order valence-electron chi connectivity index (χ1n) is 6.80. The fraction of sp³-hybridized carbons (Fsp3) is 0.571. The maximum Gasteiger partial charge on any atom is 0.246 e. The van der Waals surface area contributed by atoms with Crippen LogP contribution in [0, 0.1) is 0 Å². The molecule has 0 aromatic heterocycles. The first kappa shape index (κ1) is 15.3. The molecular weight excluding hydrogens is 278 g/mol. The van der Waals surface area contributed by atoms with Gasteiger partial charge in [0.1, 0.15) is 10.6 Å². The van der Waals surface area contributed by atoms with E-state index in [1.54, 1.807) is 16.4 Å². The molecule has 0 bridgehead atoms. The molecule has 1 saturated heterocycles. The Balaban J connectivity index is 2.43. The van der Waals surface area contributed by atoms with Crippen LogP contribution in [0.1, 0.15) is 31.7 Å². The molecule has 1 atom stereocenters. The van der Waals surface area contributed by atoms with Crippen LogP contribution in [0.3, 0.4) is 0 Å². The summed E-state index contributed by atoms with van der Waals surface area (Å²) in [7, 11) is -2.11. The van der Waals surface area contributed by atoms with Crippen LogP contribution < -0.4 is 4.74 Å². The van der Waals surface area contributed by atoms with Crippen molar-refractivity contribution >= 4 is 10.0 Å². The molecule has 0 radical (unpaired) electrons. The van der Waals surface area contributed by atoms with E-state index < -0.39 is 10.0 Å². The number of piperidine rings is 1. The highest BCUT2D eigenvalue weighted by Crippen LogP contribution is 2.31. The summed E-state index contributed by atoms with van der Waals surface area (Å²) in [6.07, 6.45) is 2.84. The van der Waals surface area contributed by atoms with Crippen LogP contribution >= 0.6 is 0 Å². The molecule has 2 rings (SSSR count). The average molecular weight is 299 g/mol. The van der Waals surface area contributed by atoms with Crippen molar-refractivity contribution in [1.82, 2.24) is 4.31 Å². The van der Waals surface area contributed by atoms with Crippen LogP contribution in [-0.2, 0) is 16.6 Å². The predicted octanol–water partition coefficient (Wildman–Crippen LogP) is 1.75. The molecule has 1 aromatic rings. The van der Waals surface area contributed by atoms with Crippen LogP contribution in [0.2, 0.25) is 0 Å². The van der Waals surface area contributed by atoms with Gasteiger partial charge < -0.3 is 9.84 Å². The predicted molar refractivity (Wildman–Crippen MR) is 76.1 cm³/mol. The molecule has 1 aromatic carbocycles. The van der Waals surface area contributed by atoms with Gasteiger partial charge in [0.2, 0.25) is 10.0 Å². The summed E-state index contributed by atoms with van der Waals surface area (Å²) in [6.45, 7) is 2.34. The Morgan fingerprint density at radius 2 is 2.15 bits per heavy atom. The SMILES string of the molecule is COc1cc(CO)ccc1S(=O)(=O)N1CCCCC1C. The van der Waals surface area contributed by atoms with Crippen molar-refractivity contribution in [3.63, 3.8) is 0 Å². The number of nitrogens with zero attached hydrogens (tertiary/aromatic N) is 1. The van der Waals surface area contributed by atoms with E-state index in [2.05, 4.69) is 0 Å². The van der Waals surface area contributed by atoms with Gasteiger partial charge in [-0.05, 0) is 37.5 Å². The van der Waals surface area contributed by atoms with E-state index in [-0.39, 0.29) is 23.3 Å². The topological polar surface area (TPSA) is 66.8 Å². The lowest BCUT2D eigenvalue weighted by Crippen LogP contribution is -2.42. The van der Waals surface area contributed by atoms with Gasteiger partial charge in [0, 0.05) is 12.6 Å². The summed E-state index contributed by atoms with van der Waals surface area (Å²) in [5.41, 5.74) is 0.632. The molecule has 1 unspecified atom stereocenters. The van der Waals surface area contributed by atoms with Crippen molar-refractivity contribution in [2.75, 3.05) is 13.7 Å². The molecule has 1 N–H and O–H groups in total. The first-order valence-corrected chi connectivity index (χ1v) is 8.24. The monoisotopic (exact) mass is 299 g/mol. The Hall–Kier alpha value is -1.11. The third kappa shape index (κ3) is 2.82. The number of ether oxygens (including phenoxy) is 1. The molecule has 20 heavy (non-hydrogen) atoms. The molecule has 0 amide bonds. The van der Waals surface area contributed by atoms with Crippen LogP contribution in [0.5, 0.6) is 5.75 Å².